The van der Waals surface area contributed by atoms with Crippen LogP contribution in [-0.4, -0.2) is 88.2 Å². The Bertz CT molecular complexity index is 180. The van der Waals surface area contributed by atoms with E-state index < -0.39 is 0 Å². The van der Waals surface area contributed by atoms with E-state index in [2.05, 4.69) is 5.75 Å². The normalized spacial score (nSPS) is 8.64. The summed E-state index contributed by atoms with van der Waals surface area (Å²) in [4.78, 5) is 0. The molecule has 1 radical (unpaired) electrons. The maximum Gasteiger partial charge on any atom is 0 e. The average Bonchev–Trinajstić information content (AvgIpc) is 1.64. The first-order valence-corrected chi connectivity index (χ1v) is 3.47. The molecule has 0 aliphatic heterocycles. The number of rotatable bonds is 2. The van der Waals surface area contributed by atoms with E-state index in [4.69, 9.17) is 5.11 Å². The Morgan fingerprint density at radius 3 is 2.27 bits per heavy atom. The van der Waals surface area contributed by atoms with E-state index in [1.165, 1.54) is 0 Å². The molecule has 1 N–H and O–H groups in total. The molecule has 0 bridgehead atoms. The minimum Gasteiger partial charge on any atom is -1.00 e. The van der Waals surface area contributed by atoms with Crippen molar-refractivity contribution in [2.45, 2.75) is 0 Å². The first kappa shape index (κ1) is 18.6. The number of likely N-dealkylation sites (N-methyl/N-ethyl adjacent to an activating group) is 1. The van der Waals surface area contributed by atoms with Crippen molar-refractivity contribution in [3.05, 3.63) is 0 Å². The van der Waals surface area contributed by atoms with Crippen molar-refractivity contribution in [2.24, 2.45) is 0 Å². The third kappa shape index (κ3) is 11.9. The van der Waals surface area contributed by atoms with E-state index in [-0.39, 0.29) is 78.3 Å². The Balaban J connectivity index is -0.000000320. The molecule has 0 aliphatic rings. The summed E-state index contributed by atoms with van der Waals surface area (Å²) in [6.07, 6.45) is 0. The van der Waals surface area contributed by atoms with Gasteiger partial charge in [-0.05, 0) is 0 Å². The van der Waals surface area contributed by atoms with Gasteiger partial charge in [0.05, 0.1) is 0 Å². The average molecular weight is 223 g/mol. The molecule has 0 spiro atoms. The molecule has 61 valence electrons. The zero-order valence-electron chi connectivity index (χ0n) is 7.04. The van der Waals surface area contributed by atoms with Gasteiger partial charge in [-0.3, -0.25) is 0 Å². The molecule has 0 heterocycles. The Morgan fingerprint density at radius 2 is 2.00 bits per heavy atom. The van der Waals surface area contributed by atoms with Gasteiger partial charge in [0, 0.05) is 51.4 Å². The standard InChI is InChI=1S/C5H11NO2P.ClH.K/c1-6(2,3-4-7)5-9-8;;/h7H,3-4H2,1-2H3;1H;/q+1;;/p-1. The number of nitrogens with zero attached hydrogens (tertiary/aromatic N) is 1. The molecular weight excluding hydrogens is 212 g/mol. The molecular formula is C5H11ClKNO2P. The molecule has 0 aromatic heterocycles. The van der Waals surface area contributed by atoms with Crippen LogP contribution in [0.2, 0.25) is 0 Å². The SMILES string of the molecule is C[N+](C)(C#P=O)CCO.[Cl-].[K]. The molecule has 0 aliphatic carbocycles. The van der Waals surface area contributed by atoms with E-state index in [9.17, 15) is 4.57 Å². The van der Waals surface area contributed by atoms with Crippen molar-refractivity contribution in [3.8, 4) is 5.75 Å². The van der Waals surface area contributed by atoms with Gasteiger partial charge in [0.15, 0.2) is 0 Å². The van der Waals surface area contributed by atoms with Crippen LogP contribution in [0.15, 0.2) is 0 Å². The Kier molecular flexibility index (Phi) is 16.8. The van der Waals surface area contributed by atoms with Crippen molar-refractivity contribution in [3.63, 3.8) is 0 Å². The van der Waals surface area contributed by atoms with E-state index >= 15 is 0 Å². The van der Waals surface area contributed by atoms with Crippen molar-refractivity contribution in [1.82, 2.24) is 0 Å². The first-order chi connectivity index (χ1) is 4.12. The second kappa shape index (κ2) is 9.94. The minimum atomic E-state index is -0.105. The van der Waals surface area contributed by atoms with Crippen LogP contribution in [0.25, 0.3) is 0 Å². The summed E-state index contributed by atoms with van der Waals surface area (Å²) >= 11 is 0. The molecule has 0 fully saturated rings. The molecule has 0 atom stereocenters. The van der Waals surface area contributed by atoms with Crippen molar-refractivity contribution in [2.75, 3.05) is 27.2 Å². The Morgan fingerprint density at radius 1 is 1.55 bits per heavy atom. The fourth-order valence-electron chi connectivity index (χ4n) is 0.411. The summed E-state index contributed by atoms with van der Waals surface area (Å²) in [7, 11) is 3.54. The minimum absolute atomic E-state index is 0. The molecule has 0 saturated heterocycles. The third-order valence-corrected chi connectivity index (χ3v) is 1.59. The van der Waals surface area contributed by atoms with Crippen LogP contribution in [-0.2, 0) is 4.57 Å². The Labute approximate surface area is 117 Å². The second-order valence-electron chi connectivity index (χ2n) is 2.32. The van der Waals surface area contributed by atoms with Crippen LogP contribution >= 0.6 is 7.92 Å². The molecule has 11 heavy (non-hydrogen) atoms. The molecule has 0 unspecified atom stereocenters. The zero-order chi connectivity index (χ0) is 7.33. The van der Waals surface area contributed by atoms with Crippen molar-refractivity contribution >= 4 is 59.3 Å². The van der Waals surface area contributed by atoms with Crippen molar-refractivity contribution < 1.29 is 26.6 Å². The van der Waals surface area contributed by atoms with E-state index in [1.54, 1.807) is 0 Å². The molecule has 0 rings (SSSR count). The summed E-state index contributed by atoms with van der Waals surface area (Å²) in [5, 5.41) is 8.47. The smallest absolute Gasteiger partial charge is 0 e. The summed E-state index contributed by atoms with van der Waals surface area (Å²) in [6, 6.07) is 0. The van der Waals surface area contributed by atoms with E-state index in [0.29, 0.717) is 11.0 Å². The van der Waals surface area contributed by atoms with Crippen LogP contribution in [0.4, 0.5) is 0 Å². The molecule has 0 saturated carbocycles. The maximum atomic E-state index is 9.98. The van der Waals surface area contributed by atoms with Gasteiger partial charge in [0.1, 0.15) is 0 Å². The summed E-state index contributed by atoms with van der Waals surface area (Å²) in [6.45, 7) is 0.644. The predicted molar refractivity (Wildman–Crippen MR) is 41.3 cm³/mol. The van der Waals surface area contributed by atoms with Gasteiger partial charge >= 0.3 is 55.1 Å². The second-order valence-corrected chi connectivity index (χ2v) is 2.71. The fraction of sp³-hybridized carbons (Fsp3) is 0.800. The number of hydrogen-bond donors (Lipinski definition) is 1. The first-order valence-electron chi connectivity index (χ1n) is 2.66. The van der Waals surface area contributed by atoms with Crippen LogP contribution in [0.5, 0.6) is 0 Å². The number of halogens is 1. The number of aliphatic hydroxyl groups excluding tert-OH is 1. The number of hydrogen-bond acceptors (Lipinski definition) is 2. The zero-order valence-corrected chi connectivity index (χ0v) is 11.8. The van der Waals surface area contributed by atoms with Gasteiger partial charge < -0.3 is 12.4 Å². The van der Waals surface area contributed by atoms with Gasteiger partial charge in [-0.15, -0.1) is 0 Å². The van der Waals surface area contributed by atoms with Gasteiger partial charge in [0.25, 0.3) is 0 Å². The van der Waals surface area contributed by atoms with E-state index in [0.717, 1.165) is 0 Å². The van der Waals surface area contributed by atoms with Crippen LogP contribution in [0.1, 0.15) is 0 Å². The van der Waals surface area contributed by atoms with Crippen molar-refractivity contribution in [1.29, 1.82) is 0 Å². The van der Waals surface area contributed by atoms with Gasteiger partial charge in [-0.1, -0.05) is 0 Å². The fourth-order valence-corrected chi connectivity index (χ4v) is 0.732. The molecule has 0 aromatic carbocycles. The maximum absolute atomic E-state index is 9.98. The van der Waals surface area contributed by atoms with Crippen LogP contribution < -0.4 is 12.4 Å². The van der Waals surface area contributed by atoms with E-state index in [1.807, 2.05) is 14.1 Å². The molecule has 6 heteroatoms. The summed E-state index contributed by atoms with van der Waals surface area (Å²) in [5.41, 5.74) is 0. The largest absolute Gasteiger partial charge is 1.00 e. The molecule has 0 aromatic rings. The topological polar surface area (TPSA) is 37.3 Å². The quantitative estimate of drug-likeness (QED) is 0.305. The molecule has 3 nitrogen and oxygen atoms in total. The van der Waals surface area contributed by atoms with Crippen LogP contribution in [0.3, 0.4) is 0 Å². The summed E-state index contributed by atoms with van der Waals surface area (Å²) in [5.74, 6) is 2.62. The third-order valence-electron chi connectivity index (χ3n) is 0.971. The monoisotopic (exact) mass is 222 g/mol. The number of aliphatic hydroxyl groups is 1. The predicted octanol–water partition coefficient (Wildman–Crippen LogP) is -3.11. The number of quaternary nitrogens is 1. The van der Waals surface area contributed by atoms with Crippen LogP contribution in [0, 0.1) is 5.75 Å². The molecule has 0 amide bonds. The van der Waals surface area contributed by atoms with Gasteiger partial charge in [-0.25, -0.2) is 0 Å². The Hall–Kier alpha value is 1.86. The van der Waals surface area contributed by atoms with Gasteiger partial charge in [-0.2, -0.15) is 0 Å². The summed E-state index contributed by atoms with van der Waals surface area (Å²) < 4.78 is 10.3. The van der Waals surface area contributed by atoms with Gasteiger partial charge in [0.2, 0.25) is 0 Å².